The first-order chi connectivity index (χ1) is 12.2. The van der Waals surface area contributed by atoms with E-state index in [2.05, 4.69) is 10.0 Å². The molecule has 2 aromatic carbocycles. The van der Waals surface area contributed by atoms with Gasteiger partial charge in [-0.1, -0.05) is 24.6 Å². The van der Waals surface area contributed by atoms with E-state index in [4.69, 9.17) is 0 Å². The molecule has 0 aromatic heterocycles. The third-order valence-corrected chi connectivity index (χ3v) is 7.15. The molecule has 0 fully saturated rings. The van der Waals surface area contributed by atoms with E-state index in [9.17, 15) is 13.2 Å². The van der Waals surface area contributed by atoms with Crippen molar-refractivity contribution in [2.45, 2.75) is 49.2 Å². The van der Waals surface area contributed by atoms with Crippen LogP contribution in [0.4, 0.5) is 11.4 Å². The molecule has 3 rings (SSSR count). The summed E-state index contributed by atoms with van der Waals surface area (Å²) in [4.78, 5) is 13.1. The lowest BCUT2D eigenvalue weighted by molar-refractivity contribution is -0.115. The zero-order chi connectivity index (χ0) is 19.1. The van der Waals surface area contributed by atoms with Crippen LogP contribution in [0, 0.1) is 20.8 Å². The Morgan fingerprint density at radius 3 is 2.38 bits per heavy atom. The molecule has 26 heavy (non-hydrogen) atoms. The largest absolute Gasteiger partial charge is 0.324 e. The van der Waals surface area contributed by atoms with Crippen LogP contribution in [0.5, 0.6) is 0 Å². The van der Waals surface area contributed by atoms with Gasteiger partial charge in [-0.05, 0) is 56.5 Å². The van der Waals surface area contributed by atoms with Gasteiger partial charge in [0.25, 0.3) is 10.0 Å². The molecule has 2 N–H and O–H groups in total. The molecular formula is C19H22N2O3S2. The van der Waals surface area contributed by atoms with Crippen LogP contribution in [0.2, 0.25) is 0 Å². The molecule has 7 heteroatoms. The highest BCUT2D eigenvalue weighted by Gasteiger charge is 2.27. The lowest BCUT2D eigenvalue weighted by Gasteiger charge is -2.23. The lowest BCUT2D eigenvalue weighted by Crippen LogP contribution is -2.28. The van der Waals surface area contributed by atoms with Crippen molar-refractivity contribution in [2.24, 2.45) is 0 Å². The van der Waals surface area contributed by atoms with Crippen LogP contribution in [0.25, 0.3) is 0 Å². The van der Waals surface area contributed by atoms with Gasteiger partial charge in [0, 0.05) is 4.90 Å². The van der Waals surface area contributed by atoms with E-state index >= 15 is 0 Å². The summed E-state index contributed by atoms with van der Waals surface area (Å²) in [6.07, 6.45) is 0.726. The second-order valence-corrected chi connectivity index (χ2v) is 9.47. The van der Waals surface area contributed by atoms with Crippen molar-refractivity contribution in [1.82, 2.24) is 0 Å². The Morgan fingerprint density at radius 2 is 1.77 bits per heavy atom. The average Bonchev–Trinajstić information content (AvgIpc) is 2.57. The lowest BCUT2D eigenvalue weighted by atomic mass is 10.1. The highest BCUT2D eigenvalue weighted by Crippen LogP contribution is 2.38. The highest BCUT2D eigenvalue weighted by atomic mass is 32.2. The summed E-state index contributed by atoms with van der Waals surface area (Å²) in [6, 6.07) is 8.75. The molecule has 0 saturated carbocycles. The Balaban J connectivity index is 1.94. The summed E-state index contributed by atoms with van der Waals surface area (Å²) in [7, 11) is -3.75. The average molecular weight is 391 g/mol. The topological polar surface area (TPSA) is 75.3 Å². The fourth-order valence-electron chi connectivity index (χ4n) is 3.10. The number of aryl methyl sites for hydroxylation is 3. The van der Waals surface area contributed by atoms with Gasteiger partial charge in [0.15, 0.2) is 0 Å². The highest BCUT2D eigenvalue weighted by molar-refractivity contribution is 8.01. The van der Waals surface area contributed by atoms with Crippen LogP contribution in [0.3, 0.4) is 0 Å². The molecule has 1 aliphatic rings. The molecule has 138 valence electrons. The van der Waals surface area contributed by atoms with Gasteiger partial charge in [0.2, 0.25) is 5.91 Å². The van der Waals surface area contributed by atoms with E-state index in [0.717, 1.165) is 28.0 Å². The molecule has 2 aromatic rings. The van der Waals surface area contributed by atoms with Crippen LogP contribution in [-0.2, 0) is 14.8 Å². The number of carbonyl (C=O) groups excluding carboxylic acids is 1. The van der Waals surface area contributed by atoms with Crippen molar-refractivity contribution >= 4 is 39.1 Å². The Bertz CT molecular complexity index is 961. The summed E-state index contributed by atoms with van der Waals surface area (Å²) in [5, 5.41) is 2.68. The van der Waals surface area contributed by atoms with Crippen molar-refractivity contribution < 1.29 is 13.2 Å². The number of sulfonamides is 1. The third-order valence-electron chi connectivity index (χ3n) is 4.37. The predicted molar refractivity (Wildman–Crippen MR) is 106 cm³/mol. The van der Waals surface area contributed by atoms with Crippen LogP contribution >= 0.6 is 11.8 Å². The zero-order valence-electron chi connectivity index (χ0n) is 15.2. The van der Waals surface area contributed by atoms with E-state index in [1.54, 1.807) is 12.1 Å². The number of amides is 1. The SMILES string of the molecule is CCC1Sc2ccc(S(=O)(=O)Nc3c(C)cc(C)cc3C)cc2NC1=O. The first kappa shape index (κ1) is 18.8. The summed E-state index contributed by atoms with van der Waals surface area (Å²) in [5.41, 5.74) is 3.97. The molecule has 1 atom stereocenters. The molecule has 0 radical (unpaired) electrons. The maximum atomic E-state index is 12.8. The number of hydrogen-bond acceptors (Lipinski definition) is 4. The molecule has 1 amide bonds. The summed E-state index contributed by atoms with van der Waals surface area (Å²) in [5.74, 6) is -0.0854. The van der Waals surface area contributed by atoms with Gasteiger partial charge < -0.3 is 5.32 Å². The van der Waals surface area contributed by atoms with E-state index in [1.807, 2.05) is 39.8 Å². The molecular weight excluding hydrogens is 368 g/mol. The minimum absolute atomic E-state index is 0.0854. The van der Waals surface area contributed by atoms with Crippen molar-refractivity contribution in [2.75, 3.05) is 10.0 Å². The number of hydrogen-bond donors (Lipinski definition) is 2. The number of rotatable bonds is 4. The van der Waals surface area contributed by atoms with Gasteiger partial charge in [-0.15, -0.1) is 11.8 Å². The van der Waals surface area contributed by atoms with Crippen LogP contribution < -0.4 is 10.0 Å². The molecule has 1 heterocycles. The van der Waals surface area contributed by atoms with Gasteiger partial charge in [-0.2, -0.15) is 0 Å². The molecule has 0 aliphatic carbocycles. The summed E-state index contributed by atoms with van der Waals surface area (Å²) >= 11 is 1.47. The van der Waals surface area contributed by atoms with Crippen molar-refractivity contribution in [3.05, 3.63) is 47.0 Å². The first-order valence-corrected chi connectivity index (χ1v) is 10.8. The van der Waals surface area contributed by atoms with Gasteiger partial charge in [0.05, 0.1) is 21.5 Å². The summed E-state index contributed by atoms with van der Waals surface area (Å²) in [6.45, 7) is 7.70. The van der Waals surface area contributed by atoms with Crippen molar-refractivity contribution in [1.29, 1.82) is 0 Å². The first-order valence-electron chi connectivity index (χ1n) is 8.43. The van der Waals surface area contributed by atoms with Crippen LogP contribution in [0.15, 0.2) is 40.1 Å². The van der Waals surface area contributed by atoms with Gasteiger partial charge in [-0.3, -0.25) is 9.52 Å². The number of anilines is 2. The molecule has 1 aliphatic heterocycles. The Morgan fingerprint density at radius 1 is 1.12 bits per heavy atom. The van der Waals surface area contributed by atoms with E-state index in [-0.39, 0.29) is 16.1 Å². The normalized spacial score (nSPS) is 16.8. The van der Waals surface area contributed by atoms with Gasteiger partial charge in [-0.25, -0.2) is 8.42 Å². The van der Waals surface area contributed by atoms with E-state index < -0.39 is 10.0 Å². The molecule has 5 nitrogen and oxygen atoms in total. The monoisotopic (exact) mass is 390 g/mol. The van der Waals surface area contributed by atoms with Crippen LogP contribution in [0.1, 0.15) is 30.0 Å². The Labute approximate surface area is 158 Å². The fourth-order valence-corrected chi connectivity index (χ4v) is 5.35. The van der Waals surface area contributed by atoms with Gasteiger partial charge >= 0.3 is 0 Å². The number of fused-ring (bicyclic) bond motifs is 1. The number of carbonyl (C=O) groups is 1. The smallest absolute Gasteiger partial charge is 0.261 e. The second kappa shape index (κ2) is 6.96. The van der Waals surface area contributed by atoms with E-state index in [1.165, 1.54) is 17.8 Å². The second-order valence-electron chi connectivity index (χ2n) is 6.54. The fraction of sp³-hybridized carbons (Fsp3) is 0.316. The van der Waals surface area contributed by atoms with Crippen molar-refractivity contribution in [3.63, 3.8) is 0 Å². The number of thioether (sulfide) groups is 1. The molecule has 1 unspecified atom stereocenters. The van der Waals surface area contributed by atoms with Crippen molar-refractivity contribution in [3.8, 4) is 0 Å². The van der Waals surface area contributed by atoms with Crippen LogP contribution in [-0.4, -0.2) is 19.6 Å². The molecule has 0 bridgehead atoms. The maximum absolute atomic E-state index is 12.8. The number of nitrogens with one attached hydrogen (secondary N) is 2. The Kier molecular flexibility index (Phi) is 5.03. The maximum Gasteiger partial charge on any atom is 0.261 e. The molecule has 0 saturated heterocycles. The minimum Gasteiger partial charge on any atom is -0.324 e. The van der Waals surface area contributed by atoms with E-state index in [0.29, 0.717) is 11.4 Å². The quantitative estimate of drug-likeness (QED) is 0.819. The predicted octanol–water partition coefficient (Wildman–Crippen LogP) is 4.24. The number of benzene rings is 2. The molecule has 0 spiro atoms. The summed E-state index contributed by atoms with van der Waals surface area (Å²) < 4.78 is 28.4. The zero-order valence-corrected chi connectivity index (χ0v) is 16.8. The Hall–Kier alpha value is -1.99. The van der Waals surface area contributed by atoms with Gasteiger partial charge in [0.1, 0.15) is 0 Å². The minimum atomic E-state index is -3.75. The standard InChI is InChI=1S/C19H22N2O3S2/c1-5-16-19(22)20-15-10-14(6-7-17(15)25-16)26(23,24)21-18-12(3)8-11(2)9-13(18)4/h6-10,16,21H,5H2,1-4H3,(H,20,22). The third kappa shape index (κ3) is 3.59.